The van der Waals surface area contributed by atoms with Gasteiger partial charge in [-0.05, 0) is 12.1 Å². The molecule has 0 aromatic carbocycles. The van der Waals surface area contributed by atoms with E-state index in [4.69, 9.17) is 5.11 Å². The number of carboxylic acid groups (broad SMARTS) is 1. The van der Waals surface area contributed by atoms with Crippen molar-refractivity contribution in [2.24, 2.45) is 0 Å². The molecule has 0 bridgehead atoms. The lowest BCUT2D eigenvalue weighted by molar-refractivity contribution is -0.136. The van der Waals surface area contributed by atoms with Crippen molar-refractivity contribution < 1.29 is 9.90 Å². The molecule has 3 N–H and O–H groups in total. The van der Waals surface area contributed by atoms with Crippen molar-refractivity contribution in [1.82, 2.24) is 25.9 Å². The van der Waals surface area contributed by atoms with Gasteiger partial charge in [0, 0.05) is 16.3 Å². The van der Waals surface area contributed by atoms with E-state index in [1.807, 2.05) is 12.1 Å². The van der Waals surface area contributed by atoms with Crippen LogP contribution in [0.1, 0.15) is 15.6 Å². The van der Waals surface area contributed by atoms with Crippen LogP contribution in [0, 0.1) is 0 Å². The Balaban J connectivity index is 1.79. The van der Waals surface area contributed by atoms with Crippen LogP contribution in [0.3, 0.4) is 0 Å². The first-order chi connectivity index (χ1) is 8.24. The maximum atomic E-state index is 10.5. The van der Waals surface area contributed by atoms with Crippen LogP contribution in [-0.4, -0.2) is 31.7 Å². The molecule has 0 saturated carbocycles. The predicted molar refractivity (Wildman–Crippen MR) is 60.4 cm³/mol. The Morgan fingerprint density at radius 2 is 2.24 bits per heavy atom. The topological polar surface area (TPSA) is 104 Å². The molecule has 0 saturated heterocycles. The lowest BCUT2D eigenvalue weighted by atomic mass is 10.3. The summed E-state index contributed by atoms with van der Waals surface area (Å²) in [6, 6.07) is 3.76. The molecule has 0 aliphatic carbocycles. The lowest BCUT2D eigenvalue weighted by Gasteiger charge is -1.97. The molecule has 2 aromatic heterocycles. The van der Waals surface area contributed by atoms with E-state index in [9.17, 15) is 4.79 Å². The average molecular weight is 253 g/mol. The highest BCUT2D eigenvalue weighted by Crippen LogP contribution is 2.16. The van der Waals surface area contributed by atoms with Crippen molar-refractivity contribution in [3.8, 4) is 0 Å². The maximum absolute atomic E-state index is 10.5. The Hall–Kier alpha value is -1.80. The zero-order valence-corrected chi connectivity index (χ0v) is 9.70. The summed E-state index contributed by atoms with van der Waals surface area (Å²) >= 11 is 1.49. The maximum Gasteiger partial charge on any atom is 0.308 e. The molecule has 0 unspecified atom stereocenters. The summed E-state index contributed by atoms with van der Waals surface area (Å²) in [4.78, 5) is 12.5. The van der Waals surface area contributed by atoms with Crippen LogP contribution >= 0.6 is 11.3 Å². The van der Waals surface area contributed by atoms with Crippen LogP contribution in [0.4, 0.5) is 0 Å². The summed E-state index contributed by atoms with van der Waals surface area (Å²) in [5, 5.41) is 25.2. The predicted octanol–water partition coefficient (Wildman–Crippen LogP) is 0.178. The first-order valence-electron chi connectivity index (χ1n) is 4.96. The van der Waals surface area contributed by atoms with Crippen LogP contribution in [0.2, 0.25) is 0 Å². The molecule has 17 heavy (non-hydrogen) atoms. The van der Waals surface area contributed by atoms with Gasteiger partial charge >= 0.3 is 5.97 Å². The quantitative estimate of drug-likeness (QED) is 0.678. The van der Waals surface area contributed by atoms with Crippen molar-refractivity contribution in [2.75, 3.05) is 0 Å². The SMILES string of the molecule is O=C(O)Cc1ccc(CNCc2nn[nH]n2)s1. The van der Waals surface area contributed by atoms with Gasteiger partial charge in [0.05, 0.1) is 13.0 Å². The van der Waals surface area contributed by atoms with Gasteiger partial charge in [0.15, 0.2) is 5.82 Å². The second-order valence-corrected chi connectivity index (χ2v) is 4.62. The number of carbonyl (C=O) groups is 1. The molecule has 2 rings (SSSR count). The summed E-state index contributed by atoms with van der Waals surface area (Å²) < 4.78 is 0. The Morgan fingerprint density at radius 3 is 2.94 bits per heavy atom. The second kappa shape index (κ2) is 5.51. The molecule has 2 heterocycles. The second-order valence-electron chi connectivity index (χ2n) is 3.37. The van der Waals surface area contributed by atoms with Crippen molar-refractivity contribution in [3.05, 3.63) is 27.7 Å². The summed E-state index contributed by atoms with van der Waals surface area (Å²) in [6.45, 7) is 1.20. The molecule has 0 aliphatic heterocycles. The van der Waals surface area contributed by atoms with E-state index in [-0.39, 0.29) is 6.42 Å². The van der Waals surface area contributed by atoms with Crippen LogP contribution in [0.5, 0.6) is 0 Å². The number of hydrogen-bond acceptors (Lipinski definition) is 6. The molecule has 0 amide bonds. The Morgan fingerprint density at radius 1 is 1.41 bits per heavy atom. The molecular weight excluding hydrogens is 242 g/mol. The highest BCUT2D eigenvalue weighted by molar-refractivity contribution is 7.12. The third-order valence-electron chi connectivity index (χ3n) is 2.01. The standard InChI is InChI=1S/C9H11N5O2S/c15-9(16)3-6-1-2-7(17-6)4-10-5-8-11-13-14-12-8/h1-2,10H,3-5H2,(H,15,16)(H,11,12,13,14). The number of tetrazole rings is 1. The van der Waals surface area contributed by atoms with Crippen LogP contribution in [0.25, 0.3) is 0 Å². The number of rotatable bonds is 6. The summed E-state index contributed by atoms with van der Waals surface area (Å²) in [5.41, 5.74) is 0. The third kappa shape index (κ3) is 3.61. The fraction of sp³-hybridized carbons (Fsp3) is 0.333. The van der Waals surface area contributed by atoms with Gasteiger partial charge in [0.1, 0.15) is 0 Å². The number of thiophene rings is 1. The fourth-order valence-corrected chi connectivity index (χ4v) is 2.30. The zero-order chi connectivity index (χ0) is 12.1. The molecule has 0 aliphatic rings. The average Bonchev–Trinajstić information content (AvgIpc) is 2.89. The monoisotopic (exact) mass is 253 g/mol. The minimum atomic E-state index is -0.807. The summed E-state index contributed by atoms with van der Waals surface area (Å²) in [7, 11) is 0. The van der Waals surface area contributed by atoms with Gasteiger partial charge in [-0.1, -0.05) is 5.21 Å². The van der Waals surface area contributed by atoms with E-state index in [1.54, 1.807) is 0 Å². The molecule has 0 atom stereocenters. The summed E-state index contributed by atoms with van der Waals surface area (Å²) in [5.74, 6) is -0.203. The Labute approximate surface area is 101 Å². The third-order valence-corrected chi connectivity index (χ3v) is 3.10. The molecule has 7 nitrogen and oxygen atoms in total. The largest absolute Gasteiger partial charge is 0.481 e. The molecule has 90 valence electrons. The molecular formula is C9H11N5O2S. The van der Waals surface area contributed by atoms with E-state index < -0.39 is 5.97 Å². The van der Waals surface area contributed by atoms with Gasteiger partial charge in [-0.15, -0.1) is 21.5 Å². The van der Waals surface area contributed by atoms with E-state index in [2.05, 4.69) is 25.9 Å². The summed E-state index contributed by atoms with van der Waals surface area (Å²) in [6.07, 6.45) is 0.0789. The number of H-pyrrole nitrogens is 1. The highest BCUT2D eigenvalue weighted by Gasteiger charge is 2.04. The number of aromatic nitrogens is 4. The van der Waals surface area contributed by atoms with Crippen molar-refractivity contribution in [2.45, 2.75) is 19.5 Å². The Bertz CT molecular complexity index is 481. The number of carboxylic acids is 1. The lowest BCUT2D eigenvalue weighted by Crippen LogP contribution is -2.12. The molecule has 0 spiro atoms. The van der Waals surface area contributed by atoms with Crippen LogP contribution < -0.4 is 5.32 Å². The van der Waals surface area contributed by atoms with Crippen molar-refractivity contribution in [1.29, 1.82) is 0 Å². The first-order valence-corrected chi connectivity index (χ1v) is 5.78. The van der Waals surface area contributed by atoms with Gasteiger partial charge in [0.25, 0.3) is 0 Å². The molecule has 0 fully saturated rings. The van der Waals surface area contributed by atoms with E-state index >= 15 is 0 Å². The van der Waals surface area contributed by atoms with Crippen molar-refractivity contribution in [3.63, 3.8) is 0 Å². The number of aromatic amines is 1. The number of nitrogens with zero attached hydrogens (tertiary/aromatic N) is 3. The van der Waals surface area contributed by atoms with Crippen LogP contribution in [-0.2, 0) is 24.3 Å². The number of nitrogens with one attached hydrogen (secondary N) is 2. The molecule has 2 aromatic rings. The van der Waals surface area contributed by atoms with E-state index in [0.717, 1.165) is 9.75 Å². The highest BCUT2D eigenvalue weighted by atomic mass is 32.1. The van der Waals surface area contributed by atoms with Gasteiger partial charge in [-0.25, -0.2) is 0 Å². The number of hydrogen-bond donors (Lipinski definition) is 3. The number of aliphatic carboxylic acids is 1. The van der Waals surface area contributed by atoms with Crippen molar-refractivity contribution >= 4 is 17.3 Å². The molecule has 0 radical (unpaired) electrons. The normalized spacial score (nSPS) is 10.6. The van der Waals surface area contributed by atoms with E-state index in [1.165, 1.54) is 11.3 Å². The minimum Gasteiger partial charge on any atom is -0.481 e. The Kier molecular flexibility index (Phi) is 3.78. The van der Waals surface area contributed by atoms with Gasteiger partial charge in [0.2, 0.25) is 0 Å². The first kappa shape index (κ1) is 11.7. The fourth-order valence-electron chi connectivity index (χ4n) is 1.32. The van der Waals surface area contributed by atoms with Crippen LogP contribution in [0.15, 0.2) is 12.1 Å². The van der Waals surface area contributed by atoms with Gasteiger partial charge < -0.3 is 10.4 Å². The zero-order valence-electron chi connectivity index (χ0n) is 8.88. The molecule has 8 heteroatoms. The smallest absolute Gasteiger partial charge is 0.308 e. The van der Waals surface area contributed by atoms with Gasteiger partial charge in [-0.3, -0.25) is 4.79 Å². The van der Waals surface area contributed by atoms with E-state index in [0.29, 0.717) is 18.9 Å². The minimum absolute atomic E-state index is 0.0789. The van der Waals surface area contributed by atoms with Gasteiger partial charge in [-0.2, -0.15) is 5.21 Å².